The quantitative estimate of drug-likeness (QED) is 0.117. The summed E-state index contributed by atoms with van der Waals surface area (Å²) in [7, 11) is 0. The molecule has 22 fully saturated rings. The van der Waals surface area contributed by atoms with Crippen LogP contribution in [0.4, 0.5) is 0 Å². The van der Waals surface area contributed by atoms with E-state index in [1.54, 1.807) is 0 Å². The highest BCUT2D eigenvalue weighted by atomic mass is 16.8. The van der Waals surface area contributed by atoms with Gasteiger partial charge in [0.1, 0.15) is 146 Å². The number of rotatable bonds is 6. The van der Waals surface area contributed by atoms with E-state index in [0.29, 0.717) is 0 Å². The van der Waals surface area contributed by atoms with Gasteiger partial charge in [-0.1, -0.05) is 0 Å². The molecule has 0 aliphatic carbocycles. The molecule has 22 aliphatic rings. The minimum Gasteiger partial charge on any atom is -0.394 e. The molecule has 30 nitrogen and oxygen atoms in total. The molecular weight excluding hydrogens is 912 g/mol. The Balaban J connectivity index is 1.19. The lowest BCUT2D eigenvalue weighted by Gasteiger charge is -2.50. The first-order chi connectivity index (χ1) is 31.4. The number of aliphatic hydroxyl groups is 18. The summed E-state index contributed by atoms with van der Waals surface area (Å²) in [6.45, 7) is -5.99. The normalized spacial score (nSPS) is 55.4. The molecule has 18 N–H and O–H groups in total. The van der Waals surface area contributed by atoms with E-state index >= 15 is 0 Å². The van der Waals surface area contributed by atoms with Gasteiger partial charge in [-0.15, -0.1) is 0 Å². The average molecular weight is 973 g/mol. The maximum Gasteiger partial charge on any atom is 0.187 e. The van der Waals surface area contributed by atoms with Crippen molar-refractivity contribution in [3.8, 4) is 0 Å². The molecule has 0 aromatic heterocycles. The lowest BCUT2D eigenvalue weighted by atomic mass is 9.94. The topological polar surface area (TPSA) is 475 Å². The van der Waals surface area contributed by atoms with Crippen molar-refractivity contribution in [3.05, 3.63) is 0 Å². The van der Waals surface area contributed by atoms with E-state index < -0.39 is 224 Å². The zero-order valence-corrected chi connectivity index (χ0v) is 34.5. The zero-order chi connectivity index (χ0) is 48.0. The third-order valence-corrected chi connectivity index (χ3v) is 12.7. The fourth-order valence-electron chi connectivity index (χ4n) is 8.93. The van der Waals surface area contributed by atoms with E-state index in [0.717, 1.165) is 0 Å². The maximum absolute atomic E-state index is 11.2. The maximum atomic E-state index is 11.2. The van der Waals surface area contributed by atoms with Gasteiger partial charge in [0.25, 0.3) is 0 Å². The smallest absolute Gasteiger partial charge is 0.187 e. The summed E-state index contributed by atoms with van der Waals surface area (Å²) in [5, 5.41) is 196. The van der Waals surface area contributed by atoms with E-state index in [1.807, 2.05) is 0 Å². The van der Waals surface area contributed by atoms with Gasteiger partial charge >= 0.3 is 0 Å². The number of ether oxygens (including phenoxy) is 12. The highest BCUT2D eigenvalue weighted by molar-refractivity contribution is 5.01. The van der Waals surface area contributed by atoms with Crippen molar-refractivity contribution < 1.29 is 149 Å². The molecule has 22 aliphatic heterocycles. The van der Waals surface area contributed by atoms with Crippen molar-refractivity contribution in [1.82, 2.24) is 0 Å². The van der Waals surface area contributed by atoms with Crippen LogP contribution in [-0.4, -0.2) is 316 Å². The van der Waals surface area contributed by atoms with Crippen LogP contribution in [0, 0.1) is 0 Å². The van der Waals surface area contributed by atoms with Crippen LogP contribution >= 0.6 is 0 Å². The monoisotopic (exact) mass is 972 g/mol. The molecular formula is C36H60O30. The van der Waals surface area contributed by atoms with E-state index in [-0.39, 0.29) is 0 Å². The van der Waals surface area contributed by atoms with Crippen LogP contribution < -0.4 is 0 Å². The fraction of sp³-hybridized carbons (Fsp3) is 1.00. The third kappa shape index (κ3) is 10.0. The van der Waals surface area contributed by atoms with Crippen molar-refractivity contribution >= 4 is 0 Å². The Hall–Kier alpha value is -1.20. The van der Waals surface area contributed by atoms with Gasteiger partial charge in [0.15, 0.2) is 37.7 Å². The van der Waals surface area contributed by atoms with Gasteiger partial charge in [-0.05, 0) is 0 Å². The molecule has 66 heavy (non-hydrogen) atoms. The Kier molecular flexibility index (Phi) is 17.6. The summed E-state index contributed by atoms with van der Waals surface area (Å²) in [5.74, 6) is 0. The molecule has 30 heteroatoms. The predicted octanol–water partition coefficient (Wildman–Crippen LogP) is -13.1. The first-order valence-electron chi connectivity index (χ1n) is 21.1. The van der Waals surface area contributed by atoms with Gasteiger partial charge in [0.2, 0.25) is 0 Å². The third-order valence-electron chi connectivity index (χ3n) is 12.7. The molecule has 0 unspecified atom stereocenters. The van der Waals surface area contributed by atoms with E-state index in [9.17, 15) is 91.9 Å². The number of hydrogen-bond acceptors (Lipinski definition) is 30. The minimum absolute atomic E-state index is 0.999. The molecule has 0 saturated carbocycles. The van der Waals surface area contributed by atoms with E-state index in [1.165, 1.54) is 0 Å². The van der Waals surface area contributed by atoms with Gasteiger partial charge < -0.3 is 149 Å². The molecule has 22 rings (SSSR count). The van der Waals surface area contributed by atoms with Crippen molar-refractivity contribution in [3.63, 3.8) is 0 Å². The summed E-state index contributed by atoms with van der Waals surface area (Å²) in [6, 6.07) is 0. The molecule has 22 saturated heterocycles. The summed E-state index contributed by atoms with van der Waals surface area (Å²) in [4.78, 5) is 0. The SMILES string of the molecule is OC[C@@H]1O[C@H]2O[C@H]3[C@H](O)[C@@H](O)[C@H](O[C@H]4[C@H](O)[C@@H](O)[C@H](O[C@H]5[C@H](O)[C@@H](O)[C@H](O[C@H]6[C@H](O)[C@@H](O)[C@H](O[C@H]7[C@H](O)[C@@H](O)[C@H](O[C@H]1[C@H](O)[C@H]2O)O[C@H]7CO)O[C@H]6CO)O[C@@H]5CO)O[C@H]4CO)O[C@H]3CO. The lowest BCUT2D eigenvalue weighted by molar-refractivity contribution is -0.404. The Morgan fingerprint density at radius 3 is 0.409 bits per heavy atom. The van der Waals surface area contributed by atoms with Crippen LogP contribution in [0.5, 0.6) is 0 Å². The van der Waals surface area contributed by atoms with Gasteiger partial charge in [-0.3, -0.25) is 0 Å². The van der Waals surface area contributed by atoms with Crippen LogP contribution in [0.2, 0.25) is 0 Å². The second-order valence-corrected chi connectivity index (χ2v) is 16.8. The largest absolute Gasteiger partial charge is 0.394 e. The number of hydrogen-bond donors (Lipinski definition) is 18. The van der Waals surface area contributed by atoms with Crippen molar-refractivity contribution in [1.29, 1.82) is 0 Å². The first kappa shape index (κ1) is 52.6. The average Bonchev–Trinajstić information content (AvgIpc) is 3.31. The first-order valence-corrected chi connectivity index (χ1v) is 21.1. The molecule has 0 radical (unpaired) electrons. The fourth-order valence-corrected chi connectivity index (χ4v) is 8.93. The van der Waals surface area contributed by atoms with Gasteiger partial charge in [0, 0.05) is 0 Å². The molecule has 22 heterocycles. The van der Waals surface area contributed by atoms with Crippen LogP contribution in [0.25, 0.3) is 0 Å². The Bertz CT molecular complexity index is 1230. The summed E-state index contributed by atoms with van der Waals surface area (Å²) in [6.07, 6.45) is -58.5. The van der Waals surface area contributed by atoms with Crippen molar-refractivity contribution in [2.45, 2.75) is 184 Å². The van der Waals surface area contributed by atoms with Gasteiger partial charge in [-0.25, -0.2) is 0 Å². The van der Waals surface area contributed by atoms with Crippen LogP contribution in [-0.2, 0) is 56.8 Å². The van der Waals surface area contributed by atoms with Gasteiger partial charge in [-0.2, -0.15) is 0 Å². The second kappa shape index (κ2) is 22.1. The molecule has 30 atom stereocenters. The summed E-state index contributed by atoms with van der Waals surface area (Å²) < 4.78 is 67.9. The van der Waals surface area contributed by atoms with Crippen LogP contribution in [0.15, 0.2) is 0 Å². The standard InChI is InChI=1S/C36H60O30/c37-1-7-25-13(43)19(49)31(55-7)62-26-8(2-38)57-33(21(51)15(26)45)64-28-10(4-40)59-35(23(53)17(28)47)66-30-12(6-42)60-36(24(54)18(30)48)65-29-11(5-41)58-34(22(52)16(29)46)63-27-9(3-39)56-32(61-25)20(50)14(27)44/h7-54H,1-6H2/t7-,8-,9-,10-,11-,12+,13+,14+,15+,16+,17+,18+,19+,20+,21+,22+,23+,24+,25+,26+,27+,28+,29+,30+,31-,32-,33-,34-,35-,36-/m0/s1. The molecule has 0 spiro atoms. The Morgan fingerprint density at radius 1 is 0.182 bits per heavy atom. The van der Waals surface area contributed by atoms with E-state index in [2.05, 4.69) is 0 Å². The zero-order valence-electron chi connectivity index (χ0n) is 34.5. The van der Waals surface area contributed by atoms with Crippen LogP contribution in [0.3, 0.4) is 0 Å². The lowest BCUT2D eigenvalue weighted by Crippen LogP contribution is -2.69. The highest BCUT2D eigenvalue weighted by Crippen LogP contribution is 2.38. The summed E-state index contributed by atoms with van der Waals surface area (Å²) >= 11 is 0. The second-order valence-electron chi connectivity index (χ2n) is 16.8. The molecule has 0 amide bonds. The molecule has 0 aromatic rings. The van der Waals surface area contributed by atoms with Crippen molar-refractivity contribution in [2.24, 2.45) is 0 Å². The number of aliphatic hydroxyl groups excluding tert-OH is 18. The molecule has 384 valence electrons. The highest BCUT2D eigenvalue weighted by Gasteiger charge is 2.58. The summed E-state index contributed by atoms with van der Waals surface area (Å²) in [5.41, 5.74) is 0. The molecule has 12 bridgehead atoms. The molecule has 0 aromatic carbocycles. The minimum atomic E-state index is -2.15. The van der Waals surface area contributed by atoms with E-state index in [4.69, 9.17) is 56.8 Å². The Morgan fingerprint density at radius 2 is 0.303 bits per heavy atom. The van der Waals surface area contributed by atoms with Crippen LogP contribution in [0.1, 0.15) is 0 Å². The van der Waals surface area contributed by atoms with Gasteiger partial charge in [0.05, 0.1) is 39.6 Å². The Labute approximate surface area is 372 Å². The predicted molar refractivity (Wildman–Crippen MR) is 196 cm³/mol. The van der Waals surface area contributed by atoms with Crippen molar-refractivity contribution in [2.75, 3.05) is 39.6 Å².